The van der Waals surface area contributed by atoms with Gasteiger partial charge in [-0.25, -0.2) is 17.4 Å². The molecule has 4 nitrogen and oxygen atoms in total. The van der Waals surface area contributed by atoms with E-state index in [2.05, 4.69) is 5.32 Å². The van der Waals surface area contributed by atoms with Gasteiger partial charge in [0.15, 0.2) is 11.6 Å². The lowest BCUT2D eigenvalue weighted by Gasteiger charge is -2.14. The van der Waals surface area contributed by atoms with Crippen LogP contribution in [0.2, 0.25) is 0 Å². The Balaban J connectivity index is 2.46. The van der Waals surface area contributed by atoms with Crippen LogP contribution in [0, 0.1) is 24.4 Å². The van der Waals surface area contributed by atoms with E-state index in [0.29, 0.717) is 5.56 Å². The summed E-state index contributed by atoms with van der Waals surface area (Å²) >= 11 is -2.48. The van der Waals surface area contributed by atoms with Crippen molar-refractivity contribution in [2.75, 3.05) is 10.0 Å². The summed E-state index contributed by atoms with van der Waals surface area (Å²) in [5, 5.41) is 2.38. The first-order chi connectivity index (χ1) is 9.88. The van der Waals surface area contributed by atoms with Gasteiger partial charge in [-0.05, 0) is 36.8 Å². The van der Waals surface area contributed by atoms with Crippen LogP contribution in [-0.2, 0) is 11.3 Å². The summed E-state index contributed by atoms with van der Waals surface area (Å²) in [5.41, 5.74) is -0.0562. The topological polar surface area (TPSA) is 61.4 Å². The molecular weight excluding hydrogens is 305 g/mol. The normalized spacial score (nSPS) is 12.0. The molecule has 0 aliphatic carbocycles. The van der Waals surface area contributed by atoms with Gasteiger partial charge in [0.25, 0.3) is 11.3 Å². The number of hydrogen-bond acceptors (Lipinski definition) is 2. The molecule has 0 spiro atoms. The van der Waals surface area contributed by atoms with E-state index in [1.807, 2.05) is 4.72 Å². The van der Waals surface area contributed by atoms with E-state index in [4.69, 9.17) is 4.55 Å². The molecule has 1 atom stereocenters. The van der Waals surface area contributed by atoms with E-state index >= 15 is 0 Å². The van der Waals surface area contributed by atoms with E-state index in [1.165, 1.54) is 12.1 Å². The van der Waals surface area contributed by atoms with Gasteiger partial charge in [-0.3, -0.25) is 9.27 Å². The predicted molar refractivity (Wildman–Crippen MR) is 75.2 cm³/mol. The van der Waals surface area contributed by atoms with Gasteiger partial charge >= 0.3 is 0 Å². The molecule has 0 amide bonds. The molecule has 2 aromatic rings. The van der Waals surface area contributed by atoms with Crippen LogP contribution in [0.25, 0.3) is 0 Å². The second-order valence-corrected chi connectivity index (χ2v) is 4.95. The summed E-state index contributed by atoms with van der Waals surface area (Å²) in [7, 11) is 0. The number of benzene rings is 2. The number of rotatable bonds is 4. The Morgan fingerprint density at radius 1 is 1.05 bits per heavy atom. The zero-order chi connectivity index (χ0) is 15.6. The van der Waals surface area contributed by atoms with Crippen molar-refractivity contribution in [3.63, 3.8) is 0 Å². The van der Waals surface area contributed by atoms with Crippen LogP contribution in [0.1, 0.15) is 5.56 Å². The van der Waals surface area contributed by atoms with Crippen LogP contribution in [0.5, 0.6) is 0 Å². The summed E-state index contributed by atoms with van der Waals surface area (Å²) in [6.07, 6.45) is 0. The van der Waals surface area contributed by atoms with Crippen molar-refractivity contribution in [2.45, 2.75) is 6.92 Å². The summed E-state index contributed by atoms with van der Waals surface area (Å²) in [6, 6.07) is 6.02. The third-order valence-corrected chi connectivity index (χ3v) is 3.07. The maximum atomic E-state index is 13.8. The van der Waals surface area contributed by atoms with Crippen LogP contribution >= 0.6 is 0 Å². The Morgan fingerprint density at radius 3 is 2.33 bits per heavy atom. The molecule has 2 rings (SSSR count). The molecule has 0 saturated carbocycles. The third-order valence-electron chi connectivity index (χ3n) is 2.68. The molecule has 0 radical (unpaired) electrons. The average Bonchev–Trinajstić information content (AvgIpc) is 2.40. The van der Waals surface area contributed by atoms with E-state index in [0.717, 1.165) is 12.1 Å². The van der Waals surface area contributed by atoms with Crippen LogP contribution in [-0.4, -0.2) is 8.76 Å². The van der Waals surface area contributed by atoms with Crippen molar-refractivity contribution in [3.05, 3.63) is 53.3 Å². The Bertz CT molecular complexity index is 710. The van der Waals surface area contributed by atoms with Gasteiger partial charge in [0.1, 0.15) is 11.5 Å². The zero-order valence-corrected chi connectivity index (χ0v) is 11.6. The molecule has 21 heavy (non-hydrogen) atoms. The minimum Gasteiger partial charge on any atom is -0.349 e. The van der Waals surface area contributed by atoms with Crippen LogP contribution in [0.3, 0.4) is 0 Å². The summed E-state index contributed by atoms with van der Waals surface area (Å²) < 4.78 is 62.5. The molecule has 0 saturated heterocycles. The smallest absolute Gasteiger partial charge is 0.259 e. The molecule has 112 valence electrons. The number of hydrogen-bond donors (Lipinski definition) is 3. The molecule has 0 aromatic heterocycles. The van der Waals surface area contributed by atoms with Gasteiger partial charge in [0.2, 0.25) is 0 Å². The number of halogens is 3. The summed E-state index contributed by atoms with van der Waals surface area (Å²) in [5.74, 6) is -3.11. The van der Waals surface area contributed by atoms with E-state index in [9.17, 15) is 17.4 Å². The molecule has 3 N–H and O–H groups in total. The molecule has 0 fully saturated rings. The molecule has 1 unspecified atom stereocenters. The van der Waals surface area contributed by atoms with Crippen molar-refractivity contribution in [1.82, 2.24) is 0 Å². The minimum absolute atomic E-state index is 0.0862. The summed E-state index contributed by atoms with van der Waals surface area (Å²) in [6.45, 7) is 1.68. The SMILES string of the molecule is Cc1ccc(Nc2c(NS(=O)O)ccc(F)c2F)c(F)c1. The minimum atomic E-state index is -2.48. The third kappa shape index (κ3) is 3.53. The lowest BCUT2D eigenvalue weighted by atomic mass is 10.2. The Hall–Kier alpha value is -2.06. The molecule has 8 heteroatoms. The molecule has 0 bridgehead atoms. The van der Waals surface area contributed by atoms with Crippen molar-refractivity contribution in [2.24, 2.45) is 0 Å². The molecule has 2 aromatic carbocycles. The Kier molecular flexibility index (Phi) is 4.49. The monoisotopic (exact) mass is 316 g/mol. The number of anilines is 3. The fourth-order valence-electron chi connectivity index (χ4n) is 1.71. The van der Waals surface area contributed by atoms with E-state index in [-0.39, 0.29) is 11.4 Å². The van der Waals surface area contributed by atoms with Crippen molar-refractivity contribution >= 4 is 28.3 Å². The highest BCUT2D eigenvalue weighted by Gasteiger charge is 2.16. The lowest BCUT2D eigenvalue weighted by Crippen LogP contribution is -2.08. The van der Waals surface area contributed by atoms with Gasteiger partial charge in [0, 0.05) is 0 Å². The van der Waals surface area contributed by atoms with E-state index in [1.54, 1.807) is 13.0 Å². The zero-order valence-electron chi connectivity index (χ0n) is 10.8. The second-order valence-electron chi connectivity index (χ2n) is 4.24. The maximum absolute atomic E-state index is 13.8. The van der Waals surface area contributed by atoms with Gasteiger partial charge in [-0.2, -0.15) is 0 Å². The van der Waals surface area contributed by atoms with Crippen LogP contribution in [0.15, 0.2) is 30.3 Å². The fraction of sp³-hybridized carbons (Fsp3) is 0.0769. The van der Waals surface area contributed by atoms with Crippen LogP contribution in [0.4, 0.5) is 30.2 Å². The maximum Gasteiger partial charge on any atom is 0.259 e. The largest absolute Gasteiger partial charge is 0.349 e. The highest BCUT2D eigenvalue weighted by atomic mass is 32.2. The van der Waals surface area contributed by atoms with Gasteiger partial charge < -0.3 is 5.32 Å². The quantitative estimate of drug-likeness (QED) is 0.754. The number of aryl methyl sites for hydroxylation is 1. The van der Waals surface area contributed by atoms with Crippen molar-refractivity contribution in [3.8, 4) is 0 Å². The van der Waals surface area contributed by atoms with Gasteiger partial charge in [-0.15, -0.1) is 0 Å². The average molecular weight is 316 g/mol. The fourth-order valence-corrected chi connectivity index (χ4v) is 2.07. The van der Waals surface area contributed by atoms with Gasteiger partial charge in [0.05, 0.1) is 11.4 Å². The van der Waals surface area contributed by atoms with Crippen molar-refractivity contribution < 1.29 is 21.9 Å². The number of nitrogens with one attached hydrogen (secondary N) is 2. The highest BCUT2D eigenvalue weighted by molar-refractivity contribution is 7.80. The first kappa shape index (κ1) is 15.3. The lowest BCUT2D eigenvalue weighted by molar-refractivity contribution is 0.512. The molecule has 0 aliphatic heterocycles. The molecule has 0 aliphatic rings. The first-order valence-electron chi connectivity index (χ1n) is 5.77. The first-order valence-corrected chi connectivity index (χ1v) is 6.88. The molecular formula is C13H11F3N2O2S. The van der Waals surface area contributed by atoms with Crippen molar-refractivity contribution in [1.29, 1.82) is 0 Å². The highest BCUT2D eigenvalue weighted by Crippen LogP contribution is 2.31. The Morgan fingerprint density at radius 2 is 1.71 bits per heavy atom. The van der Waals surface area contributed by atoms with Gasteiger partial charge in [-0.1, -0.05) is 6.07 Å². The second kappa shape index (κ2) is 6.15. The van der Waals surface area contributed by atoms with E-state index < -0.39 is 34.4 Å². The molecule has 0 heterocycles. The standard InChI is InChI=1S/C13H11F3N2O2S/c1-7-2-4-10(9(15)6-7)17-13-11(18-21(19)20)5-3-8(14)12(13)16/h2-6,17-18H,1H3,(H,19,20). The summed E-state index contributed by atoms with van der Waals surface area (Å²) in [4.78, 5) is 0. The van der Waals surface area contributed by atoms with Crippen LogP contribution < -0.4 is 10.0 Å². The Labute approximate surface area is 121 Å². The predicted octanol–water partition coefficient (Wildman–Crippen LogP) is 3.70.